The Labute approximate surface area is 204 Å². The van der Waals surface area contributed by atoms with Crippen molar-refractivity contribution in [2.45, 2.75) is 20.3 Å². The molecule has 34 heavy (non-hydrogen) atoms. The summed E-state index contributed by atoms with van der Waals surface area (Å²) in [6.07, 6.45) is 2.50. The number of carbonyl (C=O) groups is 1. The molecular formula is C26H27N3O4S. The number of nitrogens with zero attached hydrogens (tertiary/aromatic N) is 1. The molecule has 2 N–H and O–H groups in total. The topological polar surface area (TPSA) is 81.2 Å². The van der Waals surface area contributed by atoms with Crippen LogP contribution in [0.15, 0.2) is 71.8 Å². The molecule has 0 aliphatic rings. The predicted molar refractivity (Wildman–Crippen MR) is 138 cm³/mol. The summed E-state index contributed by atoms with van der Waals surface area (Å²) in [6.45, 7) is 4.67. The zero-order valence-electron chi connectivity index (χ0n) is 19.3. The number of carbonyl (C=O) groups excluding carboxylic acids is 1. The second-order valence-electron chi connectivity index (χ2n) is 7.37. The number of nitrogens with one attached hydrogen (secondary N) is 2. The standard InChI is InChI=1S/C26H27N3O4S/c1-4-14-32-22-11-9-20(10-12-22)25(30)33-23-13-8-19(16-24(23)31-3)17-27-29-26(34)28-21-7-5-6-18(2)15-21/h5-13,15-17H,4,14H2,1-3H3,(H2,28,29,34)/b27-17-. The van der Waals surface area contributed by atoms with Crippen LogP contribution in [0.25, 0.3) is 0 Å². The Kier molecular flexibility index (Phi) is 8.99. The molecule has 0 aromatic heterocycles. The van der Waals surface area contributed by atoms with Crippen molar-refractivity contribution in [3.05, 3.63) is 83.4 Å². The van der Waals surface area contributed by atoms with Gasteiger partial charge in [0.2, 0.25) is 0 Å². The molecule has 8 heteroatoms. The van der Waals surface area contributed by atoms with Crippen molar-refractivity contribution >= 4 is 35.2 Å². The van der Waals surface area contributed by atoms with Crippen LogP contribution in [0.1, 0.15) is 34.8 Å². The third-order valence-corrected chi connectivity index (χ3v) is 4.80. The number of benzene rings is 3. The molecular weight excluding hydrogens is 450 g/mol. The maximum absolute atomic E-state index is 12.5. The van der Waals surface area contributed by atoms with Crippen LogP contribution < -0.4 is 25.0 Å². The molecule has 0 bridgehead atoms. The second kappa shape index (κ2) is 12.4. The predicted octanol–water partition coefficient (Wildman–Crippen LogP) is 5.33. The summed E-state index contributed by atoms with van der Waals surface area (Å²) in [5.74, 6) is 0.930. The lowest BCUT2D eigenvalue weighted by Crippen LogP contribution is -2.23. The number of methoxy groups -OCH3 is 1. The second-order valence-corrected chi connectivity index (χ2v) is 7.77. The monoisotopic (exact) mass is 477 g/mol. The maximum atomic E-state index is 12.5. The molecule has 0 aliphatic carbocycles. The quantitative estimate of drug-likeness (QED) is 0.142. The third-order valence-electron chi connectivity index (χ3n) is 4.61. The van der Waals surface area contributed by atoms with Gasteiger partial charge in [0.05, 0.1) is 25.5 Å². The Bertz CT molecular complexity index is 1160. The van der Waals surface area contributed by atoms with Gasteiger partial charge in [-0.1, -0.05) is 19.1 Å². The fraction of sp³-hybridized carbons (Fsp3) is 0.192. The number of hydrogen-bond acceptors (Lipinski definition) is 6. The first kappa shape index (κ1) is 24.7. The molecule has 0 amide bonds. The minimum atomic E-state index is -0.490. The minimum absolute atomic E-state index is 0.306. The summed E-state index contributed by atoms with van der Waals surface area (Å²) in [4.78, 5) is 12.5. The minimum Gasteiger partial charge on any atom is -0.494 e. The van der Waals surface area contributed by atoms with E-state index in [4.69, 9.17) is 26.4 Å². The number of rotatable bonds is 9. The van der Waals surface area contributed by atoms with E-state index in [1.54, 1.807) is 48.7 Å². The smallest absolute Gasteiger partial charge is 0.343 e. The molecule has 0 heterocycles. The summed E-state index contributed by atoms with van der Waals surface area (Å²) in [7, 11) is 1.51. The molecule has 3 rings (SSSR count). The Morgan fingerprint density at radius 3 is 2.56 bits per heavy atom. The SMILES string of the molecule is CCCOc1ccc(C(=O)Oc2ccc(/C=N\NC(=S)Nc3cccc(C)c3)cc2OC)cc1. The van der Waals surface area contributed by atoms with Crippen molar-refractivity contribution < 1.29 is 19.0 Å². The number of hydrogen-bond donors (Lipinski definition) is 2. The van der Waals surface area contributed by atoms with Gasteiger partial charge in [-0.15, -0.1) is 0 Å². The number of esters is 1. The average Bonchev–Trinajstić information content (AvgIpc) is 2.83. The number of hydrazone groups is 1. The van der Waals surface area contributed by atoms with E-state index in [0.717, 1.165) is 23.2 Å². The van der Waals surface area contributed by atoms with Gasteiger partial charge in [-0.25, -0.2) is 4.79 Å². The van der Waals surface area contributed by atoms with Gasteiger partial charge in [-0.3, -0.25) is 5.43 Å². The first-order valence-electron chi connectivity index (χ1n) is 10.8. The molecule has 0 atom stereocenters. The van der Waals surface area contributed by atoms with Crippen LogP contribution in [0, 0.1) is 6.92 Å². The van der Waals surface area contributed by atoms with Crippen molar-refractivity contribution in [1.82, 2.24) is 5.43 Å². The molecule has 0 fully saturated rings. The lowest BCUT2D eigenvalue weighted by Gasteiger charge is -2.11. The van der Waals surface area contributed by atoms with Gasteiger partial charge in [-0.05, 0) is 91.3 Å². The van der Waals surface area contributed by atoms with Gasteiger partial charge in [0.15, 0.2) is 16.6 Å². The third kappa shape index (κ3) is 7.31. The van der Waals surface area contributed by atoms with E-state index in [1.165, 1.54) is 7.11 Å². The zero-order valence-corrected chi connectivity index (χ0v) is 20.1. The van der Waals surface area contributed by atoms with Crippen LogP contribution in [0.3, 0.4) is 0 Å². The fourth-order valence-corrected chi connectivity index (χ4v) is 3.13. The number of aryl methyl sites for hydroxylation is 1. The van der Waals surface area contributed by atoms with E-state index in [1.807, 2.05) is 38.1 Å². The van der Waals surface area contributed by atoms with E-state index in [0.29, 0.717) is 34.5 Å². The van der Waals surface area contributed by atoms with E-state index in [-0.39, 0.29) is 0 Å². The van der Waals surface area contributed by atoms with Gasteiger partial charge < -0.3 is 19.5 Å². The maximum Gasteiger partial charge on any atom is 0.343 e. The number of ether oxygens (including phenoxy) is 3. The van der Waals surface area contributed by atoms with Crippen LogP contribution in [0.4, 0.5) is 5.69 Å². The average molecular weight is 478 g/mol. The molecule has 0 spiro atoms. The normalized spacial score (nSPS) is 10.6. The van der Waals surface area contributed by atoms with Crippen LogP contribution >= 0.6 is 12.2 Å². The molecule has 0 unspecified atom stereocenters. The van der Waals surface area contributed by atoms with E-state index < -0.39 is 5.97 Å². The highest BCUT2D eigenvalue weighted by molar-refractivity contribution is 7.80. The summed E-state index contributed by atoms with van der Waals surface area (Å²) in [6, 6.07) is 19.8. The largest absolute Gasteiger partial charge is 0.494 e. The molecule has 0 aliphatic heterocycles. The van der Waals surface area contributed by atoms with Crippen molar-refractivity contribution in [1.29, 1.82) is 0 Å². The molecule has 176 valence electrons. The first-order valence-corrected chi connectivity index (χ1v) is 11.2. The molecule has 0 saturated heterocycles. The summed E-state index contributed by atoms with van der Waals surface area (Å²) < 4.78 is 16.4. The summed E-state index contributed by atoms with van der Waals surface area (Å²) in [5, 5.41) is 7.58. The van der Waals surface area contributed by atoms with Gasteiger partial charge in [0.25, 0.3) is 0 Å². The van der Waals surface area contributed by atoms with Crippen LogP contribution in [0.2, 0.25) is 0 Å². The zero-order chi connectivity index (χ0) is 24.3. The molecule has 3 aromatic rings. The van der Waals surface area contributed by atoms with Gasteiger partial charge >= 0.3 is 5.97 Å². The Morgan fingerprint density at radius 1 is 1.06 bits per heavy atom. The van der Waals surface area contributed by atoms with Gasteiger partial charge in [0, 0.05) is 5.69 Å². The highest BCUT2D eigenvalue weighted by Gasteiger charge is 2.13. The van der Waals surface area contributed by atoms with E-state index >= 15 is 0 Å². The lowest BCUT2D eigenvalue weighted by molar-refractivity contribution is 0.0729. The Hall–Kier alpha value is -3.91. The van der Waals surface area contributed by atoms with Crippen molar-refractivity contribution in [2.75, 3.05) is 19.0 Å². The van der Waals surface area contributed by atoms with Crippen LogP contribution in [-0.2, 0) is 0 Å². The van der Waals surface area contributed by atoms with Crippen molar-refractivity contribution in [3.63, 3.8) is 0 Å². The van der Waals surface area contributed by atoms with Crippen molar-refractivity contribution in [3.8, 4) is 17.2 Å². The highest BCUT2D eigenvalue weighted by atomic mass is 32.1. The van der Waals surface area contributed by atoms with E-state index in [9.17, 15) is 4.79 Å². The molecule has 0 saturated carbocycles. The highest BCUT2D eigenvalue weighted by Crippen LogP contribution is 2.28. The molecule has 3 aromatic carbocycles. The number of anilines is 1. The van der Waals surface area contributed by atoms with E-state index in [2.05, 4.69) is 15.8 Å². The fourth-order valence-electron chi connectivity index (χ4n) is 2.96. The summed E-state index contributed by atoms with van der Waals surface area (Å²) >= 11 is 5.26. The Balaban J connectivity index is 1.59. The first-order chi connectivity index (χ1) is 16.5. The number of thiocarbonyl (C=S) groups is 1. The Morgan fingerprint density at radius 2 is 1.85 bits per heavy atom. The molecule has 7 nitrogen and oxygen atoms in total. The molecule has 0 radical (unpaired) electrons. The lowest BCUT2D eigenvalue weighted by atomic mass is 10.2. The van der Waals surface area contributed by atoms with Crippen LogP contribution in [0.5, 0.6) is 17.2 Å². The van der Waals surface area contributed by atoms with Crippen LogP contribution in [-0.4, -0.2) is 31.0 Å². The summed E-state index contributed by atoms with van der Waals surface area (Å²) in [5.41, 5.74) is 5.93. The van der Waals surface area contributed by atoms with Gasteiger partial charge in [-0.2, -0.15) is 5.10 Å². The van der Waals surface area contributed by atoms with Crippen molar-refractivity contribution in [2.24, 2.45) is 5.10 Å². The van der Waals surface area contributed by atoms with Gasteiger partial charge in [0.1, 0.15) is 5.75 Å².